The number of hydrogen-bond donors (Lipinski definition) is 4. The summed E-state index contributed by atoms with van der Waals surface area (Å²) < 4.78 is 0. The molecule has 0 atom stereocenters. The Morgan fingerprint density at radius 1 is 1.33 bits per heavy atom. The third-order valence-corrected chi connectivity index (χ3v) is 3.19. The number of nitrogens with one attached hydrogen (secondary N) is 2. The van der Waals surface area contributed by atoms with Crippen LogP contribution in [-0.4, -0.2) is 21.1 Å². The molecule has 0 unspecified atom stereocenters. The number of rotatable bonds is 4. The molecule has 0 bridgehead atoms. The van der Waals surface area contributed by atoms with Gasteiger partial charge in [0.2, 0.25) is 0 Å². The van der Waals surface area contributed by atoms with Crippen LogP contribution in [0.25, 0.3) is 10.9 Å². The molecule has 0 aliphatic heterocycles. The zero-order chi connectivity index (χ0) is 14.8. The molecule has 0 saturated heterocycles. The van der Waals surface area contributed by atoms with Gasteiger partial charge in [-0.1, -0.05) is 18.2 Å². The Labute approximate surface area is 120 Å². The van der Waals surface area contributed by atoms with E-state index in [1.54, 1.807) is 12.3 Å². The highest BCUT2D eigenvalue weighted by Crippen LogP contribution is 2.21. The highest BCUT2D eigenvalue weighted by molar-refractivity contribution is 6.01. The van der Waals surface area contributed by atoms with E-state index in [4.69, 9.17) is 11.5 Å². The van der Waals surface area contributed by atoms with Gasteiger partial charge in [-0.25, -0.2) is 4.98 Å². The van der Waals surface area contributed by atoms with Gasteiger partial charge in [-0.05, 0) is 12.1 Å². The molecule has 21 heavy (non-hydrogen) atoms. The molecule has 6 N–H and O–H groups in total. The minimum atomic E-state index is -0.532. The maximum atomic E-state index is 11.6. The molecule has 7 heteroatoms. The number of H-pyrrole nitrogens is 1. The number of anilines is 2. The number of aromatic amines is 1. The van der Waals surface area contributed by atoms with Gasteiger partial charge in [-0.3, -0.25) is 9.89 Å². The van der Waals surface area contributed by atoms with Crippen molar-refractivity contribution < 1.29 is 4.79 Å². The maximum absolute atomic E-state index is 11.6. The number of carbonyl (C=O) groups excluding carboxylic acids is 1. The smallest absolute Gasteiger partial charge is 0.252 e. The van der Waals surface area contributed by atoms with Crippen LogP contribution in [0.5, 0.6) is 0 Å². The highest BCUT2D eigenvalue weighted by atomic mass is 16.1. The van der Waals surface area contributed by atoms with E-state index in [-0.39, 0.29) is 0 Å². The Kier molecular flexibility index (Phi) is 3.15. The second kappa shape index (κ2) is 5.12. The number of benzene rings is 1. The van der Waals surface area contributed by atoms with Gasteiger partial charge in [-0.2, -0.15) is 5.10 Å². The first-order chi connectivity index (χ1) is 10.1. The lowest BCUT2D eigenvalue weighted by molar-refractivity contribution is 0.100. The molecule has 7 nitrogen and oxygen atoms in total. The number of nitrogen functional groups attached to an aromatic ring is 1. The van der Waals surface area contributed by atoms with E-state index in [9.17, 15) is 4.79 Å². The fourth-order valence-corrected chi connectivity index (χ4v) is 2.08. The second-order valence-corrected chi connectivity index (χ2v) is 4.60. The number of fused-ring (bicyclic) bond motifs is 1. The first-order valence-electron chi connectivity index (χ1n) is 6.36. The summed E-state index contributed by atoms with van der Waals surface area (Å²) in [6.07, 6.45) is 1.62. The van der Waals surface area contributed by atoms with Crippen LogP contribution in [0.1, 0.15) is 15.9 Å². The molecule has 0 saturated carbocycles. The summed E-state index contributed by atoms with van der Waals surface area (Å²) in [4.78, 5) is 16.0. The fraction of sp³-hybridized carbons (Fsp3) is 0.0714. The molecule has 1 amide bonds. The zero-order valence-electron chi connectivity index (χ0n) is 11.1. The van der Waals surface area contributed by atoms with Crippen LogP contribution in [0.3, 0.4) is 0 Å². The number of nitrogens with two attached hydrogens (primary N) is 2. The standard InChI is InChI=1S/C14H14N6O/c15-12-9(7-18-20-12)6-17-14-10(13(16)21)5-8-3-1-2-4-11(8)19-14/h1-5,7H,6H2,(H2,16,21)(H,17,19)(H3,15,18,20). The van der Waals surface area contributed by atoms with Crippen molar-refractivity contribution in [3.8, 4) is 0 Å². The number of hydrogen-bond acceptors (Lipinski definition) is 5. The third kappa shape index (κ3) is 2.48. The molecule has 3 rings (SSSR count). The van der Waals surface area contributed by atoms with Crippen molar-refractivity contribution in [2.75, 3.05) is 11.1 Å². The topological polar surface area (TPSA) is 123 Å². The molecule has 1 aromatic carbocycles. The molecule has 3 aromatic rings. The Bertz CT molecular complexity index is 810. The van der Waals surface area contributed by atoms with E-state index >= 15 is 0 Å². The second-order valence-electron chi connectivity index (χ2n) is 4.60. The van der Waals surface area contributed by atoms with Gasteiger partial charge in [0.05, 0.1) is 17.3 Å². The minimum Gasteiger partial charge on any atom is -0.384 e. The fourth-order valence-electron chi connectivity index (χ4n) is 2.08. The lowest BCUT2D eigenvalue weighted by Gasteiger charge is -2.10. The molecule has 0 aliphatic rings. The largest absolute Gasteiger partial charge is 0.384 e. The Balaban J connectivity index is 1.97. The van der Waals surface area contributed by atoms with Crippen LogP contribution in [0.15, 0.2) is 36.5 Å². The van der Waals surface area contributed by atoms with Crippen LogP contribution in [0.2, 0.25) is 0 Å². The molecule has 0 aliphatic carbocycles. The average molecular weight is 282 g/mol. The summed E-state index contributed by atoms with van der Waals surface area (Å²) in [5, 5.41) is 10.4. The Morgan fingerprint density at radius 2 is 2.14 bits per heavy atom. The summed E-state index contributed by atoms with van der Waals surface area (Å²) in [7, 11) is 0. The lowest BCUT2D eigenvalue weighted by atomic mass is 10.1. The number of para-hydroxylation sites is 1. The Hall–Kier alpha value is -3.09. The Morgan fingerprint density at radius 3 is 2.86 bits per heavy atom. The van der Waals surface area contributed by atoms with Gasteiger partial charge in [0.1, 0.15) is 11.6 Å². The van der Waals surface area contributed by atoms with Gasteiger partial charge in [0, 0.05) is 17.5 Å². The van der Waals surface area contributed by atoms with Gasteiger partial charge >= 0.3 is 0 Å². The van der Waals surface area contributed by atoms with Gasteiger partial charge < -0.3 is 16.8 Å². The quantitative estimate of drug-likeness (QED) is 0.573. The van der Waals surface area contributed by atoms with Gasteiger partial charge in [0.25, 0.3) is 5.91 Å². The minimum absolute atomic E-state index is 0.343. The summed E-state index contributed by atoms with van der Waals surface area (Å²) in [5.74, 6) is 0.377. The molecule has 2 heterocycles. The van der Waals surface area contributed by atoms with Crippen LogP contribution < -0.4 is 16.8 Å². The molecule has 0 spiro atoms. The zero-order valence-corrected chi connectivity index (χ0v) is 11.1. The molecular formula is C14H14N6O. The molecule has 2 aromatic heterocycles. The van der Waals surface area contributed by atoms with Gasteiger partial charge in [0.15, 0.2) is 0 Å². The summed E-state index contributed by atoms with van der Waals surface area (Å²) in [5.41, 5.74) is 13.1. The number of aromatic nitrogens is 3. The summed E-state index contributed by atoms with van der Waals surface area (Å²) in [6, 6.07) is 9.25. The SMILES string of the molecule is NC(=O)c1cc2ccccc2nc1NCc1cn[nH]c1N. The number of carbonyl (C=O) groups is 1. The van der Waals surface area contributed by atoms with E-state index in [2.05, 4.69) is 20.5 Å². The predicted molar refractivity (Wildman–Crippen MR) is 80.6 cm³/mol. The van der Waals surface area contributed by atoms with Crippen LogP contribution in [0, 0.1) is 0 Å². The predicted octanol–water partition coefficient (Wildman–Crippen LogP) is 1.25. The monoisotopic (exact) mass is 282 g/mol. The van der Waals surface area contributed by atoms with Crippen molar-refractivity contribution in [3.63, 3.8) is 0 Å². The molecular weight excluding hydrogens is 268 g/mol. The molecule has 0 fully saturated rings. The third-order valence-electron chi connectivity index (χ3n) is 3.19. The first-order valence-corrected chi connectivity index (χ1v) is 6.36. The first kappa shape index (κ1) is 12.9. The van der Waals surface area contributed by atoms with E-state index in [1.807, 2.05) is 24.3 Å². The molecule has 106 valence electrons. The van der Waals surface area contributed by atoms with Crippen LogP contribution in [0.4, 0.5) is 11.6 Å². The summed E-state index contributed by atoms with van der Waals surface area (Å²) in [6.45, 7) is 0.397. The van der Waals surface area contributed by atoms with E-state index < -0.39 is 5.91 Å². The number of pyridine rings is 1. The van der Waals surface area contributed by atoms with Crippen molar-refractivity contribution in [3.05, 3.63) is 47.7 Å². The lowest BCUT2D eigenvalue weighted by Crippen LogP contribution is -2.15. The van der Waals surface area contributed by atoms with Crippen molar-refractivity contribution in [2.45, 2.75) is 6.54 Å². The van der Waals surface area contributed by atoms with E-state index in [0.29, 0.717) is 23.7 Å². The van der Waals surface area contributed by atoms with Crippen molar-refractivity contribution in [2.24, 2.45) is 5.73 Å². The van der Waals surface area contributed by atoms with Gasteiger partial charge in [-0.15, -0.1) is 0 Å². The highest BCUT2D eigenvalue weighted by Gasteiger charge is 2.12. The molecule has 0 radical (unpaired) electrons. The summed E-state index contributed by atoms with van der Waals surface area (Å²) >= 11 is 0. The van der Waals surface area contributed by atoms with Crippen LogP contribution in [-0.2, 0) is 6.54 Å². The number of nitrogens with zero attached hydrogens (tertiary/aromatic N) is 2. The van der Waals surface area contributed by atoms with Crippen LogP contribution >= 0.6 is 0 Å². The van der Waals surface area contributed by atoms with Crippen molar-refractivity contribution in [1.29, 1.82) is 0 Å². The van der Waals surface area contributed by atoms with E-state index in [1.165, 1.54) is 0 Å². The van der Waals surface area contributed by atoms with E-state index in [0.717, 1.165) is 16.5 Å². The number of primary amides is 1. The van der Waals surface area contributed by atoms with Crippen molar-refractivity contribution in [1.82, 2.24) is 15.2 Å². The average Bonchev–Trinajstić information content (AvgIpc) is 2.89. The maximum Gasteiger partial charge on any atom is 0.252 e. The van der Waals surface area contributed by atoms with Crippen molar-refractivity contribution >= 4 is 28.4 Å². The normalized spacial score (nSPS) is 10.7. The number of amides is 1.